The minimum atomic E-state index is 0.320. The van der Waals surface area contributed by atoms with Gasteiger partial charge in [-0.1, -0.05) is 133 Å². The number of hydrogen-bond acceptors (Lipinski definition) is 8. The van der Waals surface area contributed by atoms with E-state index in [1.807, 2.05) is 170 Å². The molecule has 0 saturated heterocycles. The summed E-state index contributed by atoms with van der Waals surface area (Å²) in [5.74, 6) is 1.23. The molecule has 0 radical (unpaired) electrons. The smallest absolute Gasteiger partial charge is 0.165 e. The fourth-order valence-corrected chi connectivity index (χ4v) is 11.4. The van der Waals surface area contributed by atoms with Crippen molar-refractivity contribution in [1.29, 1.82) is 26.3 Å². The number of benzene rings is 11. The van der Waals surface area contributed by atoms with E-state index >= 15 is 0 Å². The van der Waals surface area contributed by atoms with Crippen molar-refractivity contribution >= 4 is 43.6 Å². The number of nitriles is 5. The van der Waals surface area contributed by atoms with Crippen molar-refractivity contribution in [2.24, 2.45) is 0 Å². The van der Waals surface area contributed by atoms with Crippen molar-refractivity contribution in [1.82, 2.24) is 24.1 Å². The molecular weight excluding hydrogens is 1030 g/mol. The average Bonchev–Trinajstić information content (AvgIpc) is 2.29. The summed E-state index contributed by atoms with van der Waals surface area (Å²) in [5, 5.41) is 54.2. The van der Waals surface area contributed by atoms with Crippen LogP contribution in [-0.4, -0.2) is 24.1 Å². The predicted octanol–water partition coefficient (Wildman–Crippen LogP) is 17.1. The topological polar surface area (TPSA) is 167 Å². The van der Waals surface area contributed by atoms with Gasteiger partial charge in [0.1, 0.15) is 0 Å². The van der Waals surface area contributed by atoms with E-state index in [2.05, 4.69) is 112 Å². The molecule has 0 N–H and O–H groups in total. The van der Waals surface area contributed by atoms with E-state index in [1.54, 1.807) is 0 Å². The SMILES string of the molecule is N#Cc1ccc(-c2ccc3c(c2)c2cc(-c4ccc(C#N)cc4)ccc2n3-c2cc(C#N)c(-c3nc(-c4ccccc4)nc(-c4ccccc4)n3)cc2-n2c3ccc(-c4ccc(C#N)cc4)cc3c3cc(-c4ccc(C#N)cc4)ccc32)cc1. The molecule has 0 spiro atoms. The normalized spacial score (nSPS) is 11.0. The van der Waals surface area contributed by atoms with Crippen LogP contribution in [0, 0.1) is 56.7 Å². The molecule has 84 heavy (non-hydrogen) atoms. The third-order valence-corrected chi connectivity index (χ3v) is 15.6. The van der Waals surface area contributed by atoms with Crippen LogP contribution in [0.15, 0.2) is 243 Å². The number of hydrogen-bond donors (Lipinski definition) is 0. The van der Waals surface area contributed by atoms with Gasteiger partial charge in [-0.2, -0.15) is 26.3 Å². The van der Waals surface area contributed by atoms with Gasteiger partial charge in [0.2, 0.25) is 0 Å². The lowest BCUT2D eigenvalue weighted by Crippen LogP contribution is -2.07. The van der Waals surface area contributed by atoms with Gasteiger partial charge in [-0.05, 0) is 154 Å². The molecule has 0 aliphatic carbocycles. The number of aromatic nitrogens is 5. The van der Waals surface area contributed by atoms with Crippen LogP contribution in [0.3, 0.4) is 0 Å². The van der Waals surface area contributed by atoms with Crippen molar-refractivity contribution in [3.63, 3.8) is 0 Å². The van der Waals surface area contributed by atoms with E-state index in [0.717, 1.165) is 105 Å². The van der Waals surface area contributed by atoms with Crippen molar-refractivity contribution in [2.45, 2.75) is 0 Å². The highest BCUT2D eigenvalue weighted by Crippen LogP contribution is 2.44. The Kier molecular flexibility index (Phi) is 12.2. The molecule has 0 aliphatic heterocycles. The summed E-state index contributed by atoms with van der Waals surface area (Å²) in [4.78, 5) is 15.4. The molecule has 3 aromatic heterocycles. The van der Waals surface area contributed by atoms with Crippen LogP contribution in [0.2, 0.25) is 0 Å². The molecule has 14 rings (SSSR count). The van der Waals surface area contributed by atoms with Crippen LogP contribution in [0.4, 0.5) is 0 Å². The van der Waals surface area contributed by atoms with E-state index < -0.39 is 0 Å². The van der Waals surface area contributed by atoms with Gasteiger partial charge in [0.15, 0.2) is 17.5 Å². The Hall–Kier alpha value is -12.5. The van der Waals surface area contributed by atoms with E-state index in [0.29, 0.717) is 56.5 Å². The highest BCUT2D eigenvalue weighted by molar-refractivity contribution is 6.14. The Morgan fingerprint density at radius 1 is 0.250 bits per heavy atom. The molecule has 3 heterocycles. The van der Waals surface area contributed by atoms with Gasteiger partial charge in [-0.25, -0.2) is 15.0 Å². The molecule has 0 atom stereocenters. The third kappa shape index (κ3) is 8.70. The van der Waals surface area contributed by atoms with Crippen molar-refractivity contribution < 1.29 is 0 Å². The van der Waals surface area contributed by atoms with Crippen LogP contribution < -0.4 is 0 Å². The second-order valence-corrected chi connectivity index (χ2v) is 20.4. The molecule has 0 unspecified atom stereocenters. The van der Waals surface area contributed by atoms with Crippen LogP contribution in [0.25, 0.3) is 134 Å². The molecule has 0 saturated carbocycles. The van der Waals surface area contributed by atoms with Gasteiger partial charge in [0.05, 0.1) is 91.6 Å². The Balaban J connectivity index is 1.10. The Morgan fingerprint density at radius 2 is 0.536 bits per heavy atom. The van der Waals surface area contributed by atoms with E-state index in [4.69, 9.17) is 15.0 Å². The van der Waals surface area contributed by atoms with Crippen LogP contribution in [0.5, 0.6) is 0 Å². The Bertz CT molecular complexity index is 4910. The zero-order valence-electron chi connectivity index (χ0n) is 44.6. The quantitative estimate of drug-likeness (QED) is 0.138. The summed E-state index contributed by atoms with van der Waals surface area (Å²) in [6.07, 6.45) is 0. The largest absolute Gasteiger partial charge is 0.307 e. The minimum absolute atomic E-state index is 0.320. The first-order chi connectivity index (χ1) is 41.4. The van der Waals surface area contributed by atoms with Gasteiger partial charge >= 0.3 is 0 Å². The molecule has 0 bridgehead atoms. The molecule has 386 valence electrons. The minimum Gasteiger partial charge on any atom is -0.307 e. The first kappa shape index (κ1) is 49.8. The standard InChI is InChI=1S/C74H40N10/c75-41-46-11-19-50(20-12-46)56-27-31-66-62(35-56)63-36-57(51-21-13-47(42-76)14-22-51)28-32-67(63)83(66)70-39-60(45-79)61(74-81-72(54-7-3-1-4-8-54)80-73(82-74)55-9-5-2-6-10-55)40-71(70)84-68-33-29-58(52-23-15-48(43-77)16-24-52)37-64(68)65-38-59(30-34-69(65)84)53-25-17-49(44-78)18-26-53/h1-40H. The summed E-state index contributed by atoms with van der Waals surface area (Å²) in [5.41, 5.74) is 17.3. The molecule has 0 fully saturated rings. The fraction of sp³-hybridized carbons (Fsp3) is 0. The lowest BCUT2D eigenvalue weighted by molar-refractivity contribution is 1.06. The zero-order valence-corrected chi connectivity index (χ0v) is 44.6. The predicted molar refractivity (Wildman–Crippen MR) is 330 cm³/mol. The van der Waals surface area contributed by atoms with E-state index in [1.165, 1.54) is 0 Å². The second kappa shape index (κ2) is 20.6. The lowest BCUT2D eigenvalue weighted by Gasteiger charge is -2.19. The van der Waals surface area contributed by atoms with Gasteiger partial charge in [0, 0.05) is 38.2 Å². The second-order valence-electron chi connectivity index (χ2n) is 20.4. The van der Waals surface area contributed by atoms with Crippen molar-refractivity contribution in [3.05, 3.63) is 270 Å². The number of rotatable bonds is 9. The average molecular weight is 1070 g/mol. The van der Waals surface area contributed by atoms with Gasteiger partial charge in [-0.3, -0.25) is 0 Å². The third-order valence-electron chi connectivity index (χ3n) is 15.6. The molecule has 11 aromatic carbocycles. The summed E-state index contributed by atoms with van der Waals surface area (Å²) in [7, 11) is 0. The Morgan fingerprint density at radius 3 is 0.833 bits per heavy atom. The first-order valence-corrected chi connectivity index (χ1v) is 27.0. The maximum atomic E-state index is 11.6. The maximum Gasteiger partial charge on any atom is 0.165 e. The molecule has 0 amide bonds. The summed E-state index contributed by atoms with van der Waals surface area (Å²) >= 11 is 0. The van der Waals surface area contributed by atoms with E-state index in [-0.39, 0.29) is 0 Å². The molecule has 10 nitrogen and oxygen atoms in total. The summed E-state index contributed by atoms with van der Waals surface area (Å²) in [6, 6.07) is 91.2. The first-order valence-electron chi connectivity index (χ1n) is 27.0. The Labute approximate surface area is 482 Å². The highest BCUT2D eigenvalue weighted by atomic mass is 15.1. The number of fused-ring (bicyclic) bond motifs is 6. The monoisotopic (exact) mass is 1070 g/mol. The van der Waals surface area contributed by atoms with Gasteiger partial charge < -0.3 is 9.13 Å². The molecule has 0 aliphatic rings. The lowest BCUT2D eigenvalue weighted by atomic mass is 9.99. The maximum absolute atomic E-state index is 11.6. The van der Waals surface area contributed by atoms with Gasteiger partial charge in [0.25, 0.3) is 0 Å². The molecule has 10 heteroatoms. The van der Waals surface area contributed by atoms with E-state index in [9.17, 15) is 26.3 Å². The molecular formula is C74H40N10. The molecule has 14 aromatic rings. The van der Waals surface area contributed by atoms with Crippen molar-refractivity contribution in [3.8, 4) is 120 Å². The number of nitrogens with zero attached hydrogens (tertiary/aromatic N) is 10. The van der Waals surface area contributed by atoms with Crippen LogP contribution >= 0.6 is 0 Å². The highest BCUT2D eigenvalue weighted by Gasteiger charge is 2.26. The zero-order chi connectivity index (χ0) is 56.8. The fourth-order valence-electron chi connectivity index (χ4n) is 11.4. The van der Waals surface area contributed by atoms with Gasteiger partial charge in [-0.15, -0.1) is 0 Å². The summed E-state index contributed by atoms with van der Waals surface area (Å²) in [6.45, 7) is 0. The van der Waals surface area contributed by atoms with Crippen LogP contribution in [-0.2, 0) is 0 Å². The summed E-state index contributed by atoms with van der Waals surface area (Å²) < 4.78 is 4.50. The van der Waals surface area contributed by atoms with Crippen molar-refractivity contribution in [2.75, 3.05) is 0 Å². The van der Waals surface area contributed by atoms with Crippen LogP contribution in [0.1, 0.15) is 27.8 Å².